The van der Waals surface area contributed by atoms with E-state index >= 15 is 0 Å². The van der Waals surface area contributed by atoms with Crippen molar-refractivity contribution in [3.8, 4) is 0 Å². The van der Waals surface area contributed by atoms with Crippen LogP contribution < -0.4 is 10.6 Å². The first-order valence-electron chi connectivity index (χ1n) is 9.45. The fourth-order valence-corrected chi connectivity index (χ4v) is 3.90. The fraction of sp³-hybridized carbons (Fsp3) is 0.650. The molecule has 1 heterocycles. The standard InChI is InChI=1S/C20H31N3O2/c1-20(2,3)25-19(24)23-13-11-22(12-14-23)18-8-7-15(9-10-21)16-5-4-6-17(16)18/h7-8H,4-6,9-14,21H2,1-3H3. The van der Waals surface area contributed by atoms with Crippen LogP contribution in [0.4, 0.5) is 10.5 Å². The zero-order chi connectivity index (χ0) is 18.0. The number of piperazine rings is 1. The molecule has 0 atom stereocenters. The van der Waals surface area contributed by atoms with E-state index in [9.17, 15) is 4.79 Å². The second kappa shape index (κ2) is 7.24. The average molecular weight is 345 g/mol. The van der Waals surface area contributed by atoms with Crippen LogP contribution in [-0.4, -0.2) is 49.3 Å². The van der Waals surface area contributed by atoms with Crippen molar-refractivity contribution in [1.29, 1.82) is 0 Å². The molecule has 1 aliphatic heterocycles. The Bertz CT molecular complexity index is 629. The Morgan fingerprint density at radius 2 is 1.80 bits per heavy atom. The lowest BCUT2D eigenvalue weighted by molar-refractivity contribution is 0.0240. The fourth-order valence-electron chi connectivity index (χ4n) is 3.90. The van der Waals surface area contributed by atoms with E-state index in [1.807, 2.05) is 25.7 Å². The number of carbonyl (C=O) groups is 1. The molecule has 0 spiro atoms. The quantitative estimate of drug-likeness (QED) is 0.915. The van der Waals surface area contributed by atoms with Crippen LogP contribution >= 0.6 is 0 Å². The Morgan fingerprint density at radius 1 is 1.12 bits per heavy atom. The molecule has 0 bridgehead atoms. The van der Waals surface area contributed by atoms with Gasteiger partial charge in [-0.2, -0.15) is 0 Å². The number of fused-ring (bicyclic) bond motifs is 1. The van der Waals surface area contributed by atoms with E-state index < -0.39 is 5.60 Å². The maximum Gasteiger partial charge on any atom is 0.410 e. The zero-order valence-electron chi connectivity index (χ0n) is 15.8. The van der Waals surface area contributed by atoms with Crippen molar-refractivity contribution in [3.05, 3.63) is 28.8 Å². The molecular weight excluding hydrogens is 314 g/mol. The van der Waals surface area contributed by atoms with E-state index in [0.717, 1.165) is 25.9 Å². The lowest BCUT2D eigenvalue weighted by Gasteiger charge is -2.37. The average Bonchev–Trinajstić information content (AvgIpc) is 3.04. The van der Waals surface area contributed by atoms with Crippen LogP contribution in [0.25, 0.3) is 0 Å². The van der Waals surface area contributed by atoms with Gasteiger partial charge in [-0.3, -0.25) is 0 Å². The molecule has 0 radical (unpaired) electrons. The van der Waals surface area contributed by atoms with Crippen molar-refractivity contribution in [2.45, 2.75) is 52.1 Å². The summed E-state index contributed by atoms with van der Waals surface area (Å²) in [5.41, 5.74) is 11.1. The summed E-state index contributed by atoms with van der Waals surface area (Å²) in [5, 5.41) is 0. The van der Waals surface area contributed by atoms with Crippen LogP contribution in [-0.2, 0) is 24.0 Å². The van der Waals surface area contributed by atoms with Gasteiger partial charge in [0.2, 0.25) is 0 Å². The molecule has 1 aliphatic carbocycles. The first kappa shape index (κ1) is 18.1. The van der Waals surface area contributed by atoms with E-state index in [1.165, 1.54) is 35.2 Å². The van der Waals surface area contributed by atoms with Crippen LogP contribution in [0.2, 0.25) is 0 Å². The molecule has 0 saturated carbocycles. The van der Waals surface area contributed by atoms with Crippen LogP contribution in [0.5, 0.6) is 0 Å². The Morgan fingerprint density at radius 3 is 2.44 bits per heavy atom. The minimum atomic E-state index is -0.437. The minimum Gasteiger partial charge on any atom is -0.444 e. The van der Waals surface area contributed by atoms with Crippen LogP contribution in [0.15, 0.2) is 12.1 Å². The second-order valence-electron chi connectivity index (χ2n) is 8.05. The van der Waals surface area contributed by atoms with Gasteiger partial charge < -0.3 is 20.3 Å². The summed E-state index contributed by atoms with van der Waals surface area (Å²) in [4.78, 5) is 16.5. The number of hydrogen-bond donors (Lipinski definition) is 1. The van der Waals surface area contributed by atoms with E-state index in [4.69, 9.17) is 10.5 Å². The van der Waals surface area contributed by atoms with Crippen molar-refractivity contribution in [3.63, 3.8) is 0 Å². The molecule has 25 heavy (non-hydrogen) atoms. The van der Waals surface area contributed by atoms with Crippen molar-refractivity contribution in [1.82, 2.24) is 4.90 Å². The number of hydrogen-bond acceptors (Lipinski definition) is 4. The van der Waals surface area contributed by atoms with Crippen LogP contribution in [0.1, 0.15) is 43.9 Å². The van der Waals surface area contributed by atoms with E-state index in [1.54, 1.807) is 0 Å². The number of nitrogens with two attached hydrogens (primary N) is 1. The lowest BCUT2D eigenvalue weighted by Crippen LogP contribution is -2.50. The highest BCUT2D eigenvalue weighted by Crippen LogP contribution is 2.34. The lowest BCUT2D eigenvalue weighted by atomic mass is 9.98. The number of carbonyl (C=O) groups excluding carboxylic acids is 1. The third-order valence-electron chi connectivity index (χ3n) is 5.04. The number of rotatable bonds is 3. The maximum absolute atomic E-state index is 12.2. The first-order chi connectivity index (χ1) is 11.9. The number of benzene rings is 1. The molecule has 1 amide bonds. The van der Waals surface area contributed by atoms with Gasteiger partial charge in [0, 0.05) is 31.9 Å². The van der Waals surface area contributed by atoms with Gasteiger partial charge in [0.25, 0.3) is 0 Å². The third kappa shape index (κ3) is 4.09. The Kier molecular flexibility index (Phi) is 5.23. The van der Waals surface area contributed by atoms with E-state index in [0.29, 0.717) is 19.6 Å². The maximum atomic E-state index is 12.2. The molecule has 2 N–H and O–H groups in total. The van der Waals surface area contributed by atoms with E-state index in [-0.39, 0.29) is 6.09 Å². The molecular formula is C20H31N3O2. The summed E-state index contributed by atoms with van der Waals surface area (Å²) in [6.07, 6.45) is 4.35. The molecule has 5 nitrogen and oxygen atoms in total. The summed E-state index contributed by atoms with van der Waals surface area (Å²) in [5.74, 6) is 0. The van der Waals surface area contributed by atoms with Gasteiger partial charge in [-0.15, -0.1) is 0 Å². The highest BCUT2D eigenvalue weighted by Gasteiger charge is 2.28. The van der Waals surface area contributed by atoms with Gasteiger partial charge in [0.15, 0.2) is 0 Å². The van der Waals surface area contributed by atoms with E-state index in [2.05, 4.69) is 17.0 Å². The largest absolute Gasteiger partial charge is 0.444 e. The third-order valence-corrected chi connectivity index (χ3v) is 5.04. The molecule has 1 aromatic carbocycles. The zero-order valence-corrected chi connectivity index (χ0v) is 15.8. The van der Waals surface area contributed by atoms with Crippen molar-refractivity contribution >= 4 is 11.8 Å². The topological polar surface area (TPSA) is 58.8 Å². The van der Waals surface area contributed by atoms with Gasteiger partial charge in [0.1, 0.15) is 5.60 Å². The number of anilines is 1. The van der Waals surface area contributed by atoms with Gasteiger partial charge in [0.05, 0.1) is 0 Å². The SMILES string of the molecule is CC(C)(C)OC(=O)N1CCN(c2ccc(CCN)c3c2CCC3)CC1. The Hall–Kier alpha value is -1.75. The highest BCUT2D eigenvalue weighted by molar-refractivity contribution is 5.69. The van der Waals surface area contributed by atoms with Gasteiger partial charge in [-0.1, -0.05) is 6.07 Å². The van der Waals surface area contributed by atoms with Crippen molar-refractivity contribution in [2.24, 2.45) is 5.73 Å². The Labute approximate surface area is 151 Å². The summed E-state index contributed by atoms with van der Waals surface area (Å²) in [6.45, 7) is 9.60. The first-order valence-corrected chi connectivity index (χ1v) is 9.45. The number of nitrogens with zero attached hydrogens (tertiary/aromatic N) is 2. The predicted molar refractivity (Wildman–Crippen MR) is 101 cm³/mol. The normalized spacial score (nSPS) is 17.6. The molecule has 0 unspecified atom stereocenters. The summed E-state index contributed by atoms with van der Waals surface area (Å²) in [7, 11) is 0. The summed E-state index contributed by atoms with van der Waals surface area (Å²) >= 11 is 0. The van der Waals surface area contributed by atoms with Gasteiger partial charge in [-0.05, 0) is 75.8 Å². The molecule has 3 rings (SSSR count). The smallest absolute Gasteiger partial charge is 0.410 e. The summed E-state index contributed by atoms with van der Waals surface area (Å²) < 4.78 is 5.49. The molecule has 5 heteroatoms. The van der Waals surface area contributed by atoms with Crippen molar-refractivity contribution < 1.29 is 9.53 Å². The highest BCUT2D eigenvalue weighted by atomic mass is 16.6. The van der Waals surface area contributed by atoms with Gasteiger partial charge >= 0.3 is 6.09 Å². The molecule has 1 fully saturated rings. The number of amides is 1. The molecule has 2 aliphatic rings. The van der Waals surface area contributed by atoms with Gasteiger partial charge in [-0.25, -0.2) is 4.79 Å². The molecule has 1 saturated heterocycles. The van der Waals surface area contributed by atoms with Crippen LogP contribution in [0.3, 0.4) is 0 Å². The number of ether oxygens (including phenoxy) is 1. The molecule has 138 valence electrons. The molecule has 0 aromatic heterocycles. The minimum absolute atomic E-state index is 0.198. The molecule has 1 aromatic rings. The van der Waals surface area contributed by atoms with Crippen molar-refractivity contribution in [2.75, 3.05) is 37.6 Å². The Balaban J connectivity index is 1.68. The monoisotopic (exact) mass is 345 g/mol. The predicted octanol–water partition coefficient (Wildman–Crippen LogP) is 2.73. The summed E-state index contributed by atoms with van der Waals surface area (Å²) in [6, 6.07) is 4.52. The second-order valence-corrected chi connectivity index (χ2v) is 8.05. The van der Waals surface area contributed by atoms with Crippen LogP contribution in [0, 0.1) is 0 Å².